The van der Waals surface area contributed by atoms with Crippen molar-refractivity contribution in [3.63, 3.8) is 0 Å². The first-order valence-electron chi connectivity index (χ1n) is 7.41. The number of nitrogens with one attached hydrogen (secondary N) is 1. The van der Waals surface area contributed by atoms with E-state index in [1.807, 2.05) is 13.1 Å². The van der Waals surface area contributed by atoms with Crippen molar-refractivity contribution in [2.45, 2.75) is 31.2 Å². The third-order valence-corrected chi connectivity index (χ3v) is 5.11. The molecule has 0 spiro atoms. The second-order valence-corrected chi connectivity index (χ2v) is 6.51. The molecule has 2 aromatic rings. The molecule has 0 radical (unpaired) electrons. The van der Waals surface area contributed by atoms with Crippen LogP contribution in [0.3, 0.4) is 0 Å². The largest absolute Gasteiger partial charge is 0.309 e. The number of halogens is 2. The third-order valence-electron chi connectivity index (χ3n) is 4.42. The standard InChI is InChI=1S/C18H19BrFN/c1-21-18(17-15(19)6-3-7-16(17)20)14-10-8-13(9-11-14)12-4-2-5-12/h3,6-12,18,21H,2,4-5H2,1H3. The van der Waals surface area contributed by atoms with Crippen molar-refractivity contribution in [3.8, 4) is 0 Å². The molecule has 1 aliphatic rings. The van der Waals surface area contributed by atoms with E-state index >= 15 is 0 Å². The van der Waals surface area contributed by atoms with Gasteiger partial charge in [-0.1, -0.05) is 52.7 Å². The SMILES string of the molecule is CNC(c1ccc(C2CCC2)cc1)c1c(F)cccc1Br. The van der Waals surface area contributed by atoms with Gasteiger partial charge >= 0.3 is 0 Å². The highest BCUT2D eigenvalue weighted by molar-refractivity contribution is 9.10. The lowest BCUT2D eigenvalue weighted by molar-refractivity contribution is 0.419. The maximum atomic E-state index is 14.2. The van der Waals surface area contributed by atoms with Gasteiger partial charge in [-0.3, -0.25) is 0 Å². The molecule has 1 fully saturated rings. The van der Waals surface area contributed by atoms with Gasteiger partial charge in [0.2, 0.25) is 0 Å². The van der Waals surface area contributed by atoms with Crippen LogP contribution >= 0.6 is 15.9 Å². The van der Waals surface area contributed by atoms with Gasteiger partial charge in [0, 0.05) is 10.0 Å². The fourth-order valence-electron chi connectivity index (χ4n) is 2.97. The first-order chi connectivity index (χ1) is 10.2. The zero-order chi connectivity index (χ0) is 14.8. The molecule has 0 amide bonds. The van der Waals surface area contributed by atoms with Gasteiger partial charge in [-0.15, -0.1) is 0 Å². The Morgan fingerprint density at radius 2 is 1.86 bits per heavy atom. The number of benzene rings is 2. The van der Waals surface area contributed by atoms with Crippen LogP contribution in [0.4, 0.5) is 4.39 Å². The minimum absolute atomic E-state index is 0.143. The molecule has 0 bridgehead atoms. The summed E-state index contributed by atoms with van der Waals surface area (Å²) in [4.78, 5) is 0. The molecule has 2 aromatic carbocycles. The monoisotopic (exact) mass is 347 g/mol. The summed E-state index contributed by atoms with van der Waals surface area (Å²) in [5, 5.41) is 3.22. The van der Waals surface area contributed by atoms with E-state index in [-0.39, 0.29) is 11.9 Å². The predicted octanol–water partition coefficient (Wildman–Crippen LogP) is 5.16. The Hall–Kier alpha value is -1.19. The fourth-order valence-corrected chi connectivity index (χ4v) is 3.54. The van der Waals surface area contributed by atoms with E-state index in [9.17, 15) is 4.39 Å². The molecular formula is C18H19BrFN. The first-order valence-corrected chi connectivity index (χ1v) is 8.21. The normalized spacial score (nSPS) is 16.5. The highest BCUT2D eigenvalue weighted by Gasteiger charge is 2.21. The molecule has 1 saturated carbocycles. The molecule has 0 heterocycles. The highest BCUT2D eigenvalue weighted by Crippen LogP contribution is 2.37. The fraction of sp³-hybridized carbons (Fsp3) is 0.333. The van der Waals surface area contributed by atoms with Crippen molar-refractivity contribution in [2.24, 2.45) is 0 Å². The molecule has 3 rings (SSSR count). The lowest BCUT2D eigenvalue weighted by atomic mass is 9.79. The Morgan fingerprint density at radius 1 is 1.14 bits per heavy atom. The van der Waals surface area contributed by atoms with Gasteiger partial charge in [0.25, 0.3) is 0 Å². The Morgan fingerprint density at radius 3 is 2.38 bits per heavy atom. The molecule has 1 nitrogen and oxygen atoms in total. The van der Waals surface area contributed by atoms with Gasteiger partial charge < -0.3 is 5.32 Å². The van der Waals surface area contributed by atoms with Crippen LogP contribution in [0.2, 0.25) is 0 Å². The van der Waals surface area contributed by atoms with Crippen molar-refractivity contribution in [1.29, 1.82) is 0 Å². The highest BCUT2D eigenvalue weighted by atomic mass is 79.9. The van der Waals surface area contributed by atoms with E-state index in [2.05, 4.69) is 45.5 Å². The molecule has 1 N–H and O–H groups in total. The van der Waals surface area contributed by atoms with Gasteiger partial charge in [0.05, 0.1) is 6.04 Å². The molecule has 0 saturated heterocycles. The van der Waals surface area contributed by atoms with Crippen molar-refractivity contribution < 1.29 is 4.39 Å². The van der Waals surface area contributed by atoms with Crippen molar-refractivity contribution in [3.05, 3.63) is 69.4 Å². The average molecular weight is 348 g/mol. The van der Waals surface area contributed by atoms with E-state index < -0.39 is 0 Å². The molecular weight excluding hydrogens is 329 g/mol. The van der Waals surface area contributed by atoms with Crippen LogP contribution < -0.4 is 5.32 Å². The van der Waals surface area contributed by atoms with Crippen LogP contribution in [0.25, 0.3) is 0 Å². The Labute approximate surface area is 133 Å². The lowest BCUT2D eigenvalue weighted by Gasteiger charge is -2.26. The molecule has 1 atom stereocenters. The summed E-state index contributed by atoms with van der Waals surface area (Å²) in [5.74, 6) is 0.541. The van der Waals surface area contributed by atoms with Crippen LogP contribution in [-0.4, -0.2) is 7.05 Å². The number of hydrogen-bond donors (Lipinski definition) is 1. The summed E-state index contributed by atoms with van der Waals surface area (Å²) in [6.07, 6.45) is 3.94. The molecule has 110 valence electrons. The van der Waals surface area contributed by atoms with Gasteiger partial charge in [-0.05, 0) is 49.1 Å². The summed E-state index contributed by atoms with van der Waals surface area (Å²) in [7, 11) is 1.86. The predicted molar refractivity (Wildman–Crippen MR) is 88.0 cm³/mol. The Bertz CT molecular complexity index is 599. The average Bonchev–Trinajstić information content (AvgIpc) is 2.42. The van der Waals surface area contributed by atoms with E-state index in [1.165, 1.54) is 30.9 Å². The van der Waals surface area contributed by atoms with Gasteiger partial charge in [0.15, 0.2) is 0 Å². The van der Waals surface area contributed by atoms with Crippen LogP contribution in [-0.2, 0) is 0 Å². The van der Waals surface area contributed by atoms with Gasteiger partial charge in [-0.25, -0.2) is 4.39 Å². The minimum Gasteiger partial charge on any atom is -0.309 e. The second kappa shape index (κ2) is 6.29. The Balaban J connectivity index is 1.92. The smallest absolute Gasteiger partial charge is 0.129 e. The van der Waals surface area contributed by atoms with Crippen LogP contribution in [0.5, 0.6) is 0 Å². The summed E-state index contributed by atoms with van der Waals surface area (Å²) in [6.45, 7) is 0. The maximum Gasteiger partial charge on any atom is 0.129 e. The number of hydrogen-bond acceptors (Lipinski definition) is 1. The van der Waals surface area contributed by atoms with Crippen LogP contribution in [0, 0.1) is 5.82 Å². The van der Waals surface area contributed by atoms with Crippen LogP contribution in [0.15, 0.2) is 46.9 Å². The van der Waals surface area contributed by atoms with Crippen molar-refractivity contribution in [1.82, 2.24) is 5.32 Å². The summed E-state index contributed by atoms with van der Waals surface area (Å²) >= 11 is 3.46. The van der Waals surface area contributed by atoms with Gasteiger partial charge in [-0.2, -0.15) is 0 Å². The van der Waals surface area contributed by atoms with E-state index in [1.54, 1.807) is 6.07 Å². The Kier molecular flexibility index (Phi) is 4.41. The molecule has 21 heavy (non-hydrogen) atoms. The molecule has 0 aliphatic heterocycles. The second-order valence-electron chi connectivity index (χ2n) is 5.65. The van der Waals surface area contributed by atoms with E-state index in [4.69, 9.17) is 0 Å². The topological polar surface area (TPSA) is 12.0 Å². The third kappa shape index (κ3) is 2.90. The molecule has 1 unspecified atom stereocenters. The van der Waals surface area contributed by atoms with E-state index in [0.717, 1.165) is 16.0 Å². The maximum absolute atomic E-state index is 14.2. The number of rotatable bonds is 4. The zero-order valence-corrected chi connectivity index (χ0v) is 13.7. The van der Waals surface area contributed by atoms with E-state index in [0.29, 0.717) is 5.56 Å². The zero-order valence-electron chi connectivity index (χ0n) is 12.1. The minimum atomic E-state index is -0.188. The molecule has 3 heteroatoms. The van der Waals surface area contributed by atoms with Crippen molar-refractivity contribution in [2.75, 3.05) is 7.05 Å². The van der Waals surface area contributed by atoms with Crippen LogP contribution in [0.1, 0.15) is 47.9 Å². The van der Waals surface area contributed by atoms with Crippen molar-refractivity contribution >= 4 is 15.9 Å². The van der Waals surface area contributed by atoms with Gasteiger partial charge in [0.1, 0.15) is 5.82 Å². The summed E-state index contributed by atoms with van der Waals surface area (Å²) < 4.78 is 15.0. The molecule has 1 aliphatic carbocycles. The quantitative estimate of drug-likeness (QED) is 0.804. The molecule has 0 aromatic heterocycles. The summed E-state index contributed by atoms with van der Waals surface area (Å²) in [5.41, 5.74) is 3.16. The summed E-state index contributed by atoms with van der Waals surface area (Å²) in [6, 6.07) is 13.6. The first kappa shape index (κ1) is 14.7. The lowest BCUT2D eigenvalue weighted by Crippen LogP contribution is -2.19.